The first-order valence-electron chi connectivity index (χ1n) is 7.17. The molecule has 0 radical (unpaired) electrons. The molecule has 22 heavy (non-hydrogen) atoms. The quantitative estimate of drug-likeness (QED) is 0.737. The second kappa shape index (κ2) is 7.83. The number of carboxylic acid groups (broad SMARTS) is 1. The van der Waals surface area contributed by atoms with E-state index >= 15 is 0 Å². The van der Waals surface area contributed by atoms with Crippen LogP contribution in [0.4, 0.5) is 4.79 Å². The van der Waals surface area contributed by atoms with Crippen LogP contribution in [0.5, 0.6) is 0 Å². The van der Waals surface area contributed by atoms with Gasteiger partial charge in [-0.25, -0.2) is 4.79 Å². The molecule has 3 N–H and O–H groups in total. The summed E-state index contributed by atoms with van der Waals surface area (Å²) in [5, 5.41) is 15.2. The Kier molecular flexibility index (Phi) is 6.08. The van der Waals surface area contributed by atoms with E-state index in [4.69, 9.17) is 16.7 Å². The number of benzene rings is 1. The predicted octanol–water partition coefficient (Wildman–Crippen LogP) is 3.55. The van der Waals surface area contributed by atoms with Gasteiger partial charge in [0.1, 0.15) is 0 Å². The van der Waals surface area contributed by atoms with Crippen LogP contribution in [-0.2, 0) is 11.3 Å². The van der Waals surface area contributed by atoms with Crippen LogP contribution in [0.15, 0.2) is 22.7 Å². The molecule has 1 fully saturated rings. The van der Waals surface area contributed by atoms with Gasteiger partial charge in [-0.1, -0.05) is 33.6 Å². The summed E-state index contributed by atoms with van der Waals surface area (Å²) in [6.07, 6.45) is 2.62. The lowest BCUT2D eigenvalue weighted by molar-refractivity contribution is -0.142. The largest absolute Gasteiger partial charge is 0.481 e. The van der Waals surface area contributed by atoms with Crippen molar-refractivity contribution in [2.45, 2.75) is 38.3 Å². The van der Waals surface area contributed by atoms with Crippen molar-refractivity contribution in [3.05, 3.63) is 33.3 Å². The van der Waals surface area contributed by atoms with Crippen molar-refractivity contribution in [3.8, 4) is 0 Å². The lowest BCUT2D eigenvalue weighted by Gasteiger charge is -2.26. The fourth-order valence-electron chi connectivity index (χ4n) is 2.56. The van der Waals surface area contributed by atoms with Crippen LogP contribution in [0.3, 0.4) is 0 Å². The van der Waals surface area contributed by atoms with E-state index in [-0.39, 0.29) is 18.0 Å². The molecule has 0 aliphatic heterocycles. The number of urea groups is 1. The highest BCUT2D eigenvalue weighted by atomic mass is 79.9. The van der Waals surface area contributed by atoms with E-state index < -0.39 is 5.97 Å². The zero-order valence-corrected chi connectivity index (χ0v) is 14.3. The third-order valence-corrected chi connectivity index (χ3v) is 4.71. The van der Waals surface area contributed by atoms with Gasteiger partial charge in [-0.15, -0.1) is 0 Å². The number of carbonyl (C=O) groups excluding carboxylic acids is 1. The number of amides is 2. The maximum absolute atomic E-state index is 11.9. The van der Waals surface area contributed by atoms with Crippen LogP contribution in [-0.4, -0.2) is 23.1 Å². The minimum absolute atomic E-state index is 0.0380. The number of rotatable bonds is 4. The lowest BCUT2D eigenvalue weighted by Crippen LogP contribution is -2.43. The fraction of sp³-hybridized carbons (Fsp3) is 0.467. The van der Waals surface area contributed by atoms with Crippen molar-refractivity contribution in [2.24, 2.45) is 5.92 Å². The molecule has 0 spiro atoms. The molecule has 2 rings (SSSR count). The maximum atomic E-state index is 11.9. The van der Waals surface area contributed by atoms with E-state index in [1.807, 2.05) is 12.1 Å². The van der Waals surface area contributed by atoms with Gasteiger partial charge >= 0.3 is 12.0 Å². The Hall–Kier alpha value is -1.27. The van der Waals surface area contributed by atoms with Gasteiger partial charge < -0.3 is 15.7 Å². The summed E-state index contributed by atoms with van der Waals surface area (Å²) >= 11 is 9.42. The van der Waals surface area contributed by atoms with Crippen LogP contribution in [0.25, 0.3) is 0 Å². The summed E-state index contributed by atoms with van der Waals surface area (Å²) < 4.78 is 0.890. The lowest BCUT2D eigenvalue weighted by atomic mass is 9.86. The molecule has 1 aromatic carbocycles. The van der Waals surface area contributed by atoms with Gasteiger partial charge in [0.05, 0.1) is 5.92 Å². The predicted molar refractivity (Wildman–Crippen MR) is 87.9 cm³/mol. The van der Waals surface area contributed by atoms with E-state index in [2.05, 4.69) is 26.6 Å². The first-order valence-corrected chi connectivity index (χ1v) is 8.34. The average molecular weight is 390 g/mol. The molecule has 7 heteroatoms. The Morgan fingerprint density at radius 3 is 2.55 bits per heavy atom. The number of carbonyl (C=O) groups is 2. The molecular weight excluding hydrogens is 372 g/mol. The minimum atomic E-state index is -0.743. The number of halogens is 2. The van der Waals surface area contributed by atoms with Gasteiger partial charge in [0.25, 0.3) is 0 Å². The van der Waals surface area contributed by atoms with Crippen LogP contribution >= 0.6 is 27.5 Å². The zero-order chi connectivity index (χ0) is 16.1. The molecule has 2 amide bonds. The number of carboxylic acids is 1. The van der Waals surface area contributed by atoms with Crippen molar-refractivity contribution in [1.29, 1.82) is 0 Å². The molecule has 1 aromatic rings. The average Bonchev–Trinajstić information content (AvgIpc) is 2.47. The van der Waals surface area contributed by atoms with Crippen molar-refractivity contribution in [1.82, 2.24) is 10.6 Å². The summed E-state index contributed by atoms with van der Waals surface area (Å²) in [7, 11) is 0. The highest BCUT2D eigenvalue weighted by molar-refractivity contribution is 9.10. The normalized spacial score (nSPS) is 21.2. The Balaban J connectivity index is 1.75. The topological polar surface area (TPSA) is 78.4 Å². The minimum Gasteiger partial charge on any atom is -0.481 e. The van der Waals surface area contributed by atoms with Gasteiger partial charge in [0.2, 0.25) is 0 Å². The molecular formula is C15H18BrClN2O3. The molecule has 1 aliphatic carbocycles. The zero-order valence-electron chi connectivity index (χ0n) is 11.9. The highest BCUT2D eigenvalue weighted by Crippen LogP contribution is 2.24. The maximum Gasteiger partial charge on any atom is 0.315 e. The van der Waals surface area contributed by atoms with E-state index in [0.717, 1.165) is 10.0 Å². The number of nitrogens with one attached hydrogen (secondary N) is 2. The van der Waals surface area contributed by atoms with Crippen molar-refractivity contribution in [2.75, 3.05) is 0 Å². The number of hydrogen-bond acceptors (Lipinski definition) is 2. The van der Waals surface area contributed by atoms with Gasteiger partial charge in [-0.2, -0.15) is 0 Å². The fourth-order valence-corrected chi connectivity index (χ4v) is 3.30. The van der Waals surface area contributed by atoms with E-state index in [0.29, 0.717) is 37.3 Å². The first kappa shape index (κ1) is 17.1. The van der Waals surface area contributed by atoms with E-state index in [1.165, 1.54) is 0 Å². The summed E-state index contributed by atoms with van der Waals surface area (Å²) in [6, 6.07) is 5.29. The SMILES string of the molecule is O=C(NCc1ccc(Br)cc1Cl)NC1CCC(C(=O)O)CC1. The highest BCUT2D eigenvalue weighted by Gasteiger charge is 2.26. The van der Waals surface area contributed by atoms with Gasteiger partial charge in [-0.3, -0.25) is 4.79 Å². The molecule has 0 bridgehead atoms. The summed E-state index contributed by atoms with van der Waals surface area (Å²) in [5.74, 6) is -1.02. The Morgan fingerprint density at radius 2 is 1.95 bits per heavy atom. The molecule has 0 unspecified atom stereocenters. The van der Waals surface area contributed by atoms with Crippen LogP contribution < -0.4 is 10.6 Å². The molecule has 1 saturated carbocycles. The van der Waals surface area contributed by atoms with Crippen LogP contribution in [0.1, 0.15) is 31.2 Å². The standard InChI is InChI=1S/C15H18BrClN2O3/c16-11-4-1-10(13(17)7-11)8-18-15(22)19-12-5-2-9(3-6-12)14(20)21/h1,4,7,9,12H,2-3,5-6,8H2,(H,20,21)(H2,18,19,22). The second-order valence-corrected chi connectivity index (χ2v) is 6.77. The van der Waals surface area contributed by atoms with E-state index in [1.54, 1.807) is 6.07 Å². The third-order valence-electron chi connectivity index (χ3n) is 3.87. The summed E-state index contributed by atoms with van der Waals surface area (Å²) in [6.45, 7) is 0.350. The smallest absolute Gasteiger partial charge is 0.315 e. The third kappa shape index (κ3) is 4.88. The molecule has 0 aromatic heterocycles. The van der Waals surface area contributed by atoms with Gasteiger partial charge in [0, 0.05) is 22.1 Å². The van der Waals surface area contributed by atoms with Crippen LogP contribution in [0, 0.1) is 5.92 Å². The van der Waals surface area contributed by atoms with Gasteiger partial charge in [0.15, 0.2) is 0 Å². The van der Waals surface area contributed by atoms with E-state index in [9.17, 15) is 9.59 Å². The van der Waals surface area contributed by atoms with Crippen molar-refractivity contribution >= 4 is 39.5 Å². The van der Waals surface area contributed by atoms with Crippen LogP contribution in [0.2, 0.25) is 5.02 Å². The molecule has 0 atom stereocenters. The Morgan fingerprint density at radius 1 is 1.27 bits per heavy atom. The molecule has 0 heterocycles. The molecule has 1 aliphatic rings. The van der Waals surface area contributed by atoms with Crippen molar-refractivity contribution < 1.29 is 14.7 Å². The summed E-state index contributed by atoms with van der Waals surface area (Å²) in [5.41, 5.74) is 0.842. The molecule has 0 saturated heterocycles. The molecule has 120 valence electrons. The first-order chi connectivity index (χ1) is 10.5. The summed E-state index contributed by atoms with van der Waals surface area (Å²) in [4.78, 5) is 22.8. The molecule has 5 nitrogen and oxygen atoms in total. The van der Waals surface area contributed by atoms with Gasteiger partial charge in [-0.05, 0) is 43.4 Å². The Labute approximate surface area is 142 Å². The Bertz CT molecular complexity index is 560. The number of aliphatic carboxylic acids is 1. The second-order valence-electron chi connectivity index (χ2n) is 5.45. The number of hydrogen-bond donors (Lipinski definition) is 3. The van der Waals surface area contributed by atoms with Crippen molar-refractivity contribution in [3.63, 3.8) is 0 Å². The monoisotopic (exact) mass is 388 g/mol.